The van der Waals surface area contributed by atoms with Crippen molar-refractivity contribution in [3.05, 3.63) is 64.9 Å². The van der Waals surface area contributed by atoms with E-state index in [1.807, 2.05) is 0 Å². The number of rotatable bonds is 5. The molecule has 1 aliphatic rings. The van der Waals surface area contributed by atoms with Crippen LogP contribution in [0, 0.1) is 18.6 Å². The summed E-state index contributed by atoms with van der Waals surface area (Å²) >= 11 is 0. The van der Waals surface area contributed by atoms with Crippen molar-refractivity contribution in [3.63, 3.8) is 0 Å². The lowest BCUT2D eigenvalue weighted by Gasteiger charge is -2.38. The van der Waals surface area contributed by atoms with E-state index in [0.717, 1.165) is 11.0 Å². The molecule has 2 heterocycles. The van der Waals surface area contributed by atoms with Crippen LogP contribution in [-0.4, -0.2) is 47.6 Å². The number of nitrogens with zero attached hydrogens (tertiary/aromatic N) is 1. The molecule has 0 radical (unpaired) electrons. The van der Waals surface area contributed by atoms with Gasteiger partial charge in [0.15, 0.2) is 11.6 Å². The van der Waals surface area contributed by atoms with Crippen LogP contribution in [0.1, 0.15) is 48.9 Å². The van der Waals surface area contributed by atoms with Crippen molar-refractivity contribution in [1.29, 1.82) is 0 Å². The standard InChI is InChI=1S/C27H28F4N2O5/c1-15-22(24(34)32-21-10-11-33(14-27(21,30)31)25(35)38-26(2,3)4)18-12-17(8-9-20(18)37-15)36-13-16-6-5-7-19(28)23(16)29/h5-9,12,21H,10-11,13-14H2,1-4H3,(H,32,34). The Morgan fingerprint density at radius 1 is 1.18 bits per heavy atom. The number of alkyl halides is 2. The number of piperidine rings is 1. The fraction of sp³-hybridized carbons (Fsp3) is 0.407. The van der Waals surface area contributed by atoms with Crippen LogP contribution in [0.2, 0.25) is 0 Å². The van der Waals surface area contributed by atoms with Gasteiger partial charge in [-0.2, -0.15) is 0 Å². The maximum absolute atomic E-state index is 15.0. The first-order valence-electron chi connectivity index (χ1n) is 12.0. The van der Waals surface area contributed by atoms with E-state index >= 15 is 0 Å². The Balaban J connectivity index is 1.49. The van der Waals surface area contributed by atoms with Gasteiger partial charge in [-0.3, -0.25) is 4.79 Å². The lowest BCUT2D eigenvalue weighted by molar-refractivity contribution is -0.0889. The fourth-order valence-electron chi connectivity index (χ4n) is 4.22. The van der Waals surface area contributed by atoms with E-state index in [4.69, 9.17) is 13.9 Å². The molecule has 3 aromatic rings. The molecule has 0 saturated carbocycles. The highest BCUT2D eigenvalue weighted by Crippen LogP contribution is 2.32. The average Bonchev–Trinajstić information content (AvgIpc) is 3.15. The Bertz CT molecular complexity index is 1370. The van der Waals surface area contributed by atoms with Gasteiger partial charge in [0.2, 0.25) is 0 Å². The number of aryl methyl sites for hydroxylation is 1. The Morgan fingerprint density at radius 3 is 2.61 bits per heavy atom. The number of amides is 2. The van der Waals surface area contributed by atoms with Gasteiger partial charge < -0.3 is 24.1 Å². The summed E-state index contributed by atoms with van der Waals surface area (Å²) in [5.74, 6) is -5.75. The van der Waals surface area contributed by atoms with E-state index in [2.05, 4.69) is 5.32 Å². The highest BCUT2D eigenvalue weighted by atomic mass is 19.3. The van der Waals surface area contributed by atoms with Gasteiger partial charge >= 0.3 is 6.09 Å². The van der Waals surface area contributed by atoms with Crippen molar-refractivity contribution in [2.24, 2.45) is 0 Å². The van der Waals surface area contributed by atoms with Gasteiger partial charge in [0.05, 0.1) is 18.2 Å². The second-order valence-corrected chi connectivity index (χ2v) is 10.2. The molecule has 1 unspecified atom stereocenters. The third-order valence-electron chi connectivity index (χ3n) is 6.04. The maximum Gasteiger partial charge on any atom is 0.410 e. The van der Waals surface area contributed by atoms with Crippen LogP contribution in [-0.2, 0) is 11.3 Å². The van der Waals surface area contributed by atoms with Crippen molar-refractivity contribution in [1.82, 2.24) is 10.2 Å². The van der Waals surface area contributed by atoms with Crippen LogP contribution < -0.4 is 10.1 Å². The lowest BCUT2D eigenvalue weighted by atomic mass is 10.00. The summed E-state index contributed by atoms with van der Waals surface area (Å²) in [4.78, 5) is 26.3. The van der Waals surface area contributed by atoms with Crippen LogP contribution in [0.25, 0.3) is 11.0 Å². The summed E-state index contributed by atoms with van der Waals surface area (Å²) in [6.07, 6.45) is -1.02. The second kappa shape index (κ2) is 10.2. The first-order valence-corrected chi connectivity index (χ1v) is 12.0. The highest BCUT2D eigenvalue weighted by molar-refractivity contribution is 6.07. The predicted molar refractivity (Wildman–Crippen MR) is 130 cm³/mol. The monoisotopic (exact) mass is 536 g/mol. The van der Waals surface area contributed by atoms with Gasteiger partial charge in [0.25, 0.3) is 11.8 Å². The first-order chi connectivity index (χ1) is 17.7. The van der Waals surface area contributed by atoms with E-state index < -0.39 is 47.7 Å². The smallest absolute Gasteiger partial charge is 0.410 e. The number of nitrogens with one attached hydrogen (secondary N) is 1. The molecule has 0 bridgehead atoms. The minimum atomic E-state index is -3.40. The summed E-state index contributed by atoms with van der Waals surface area (Å²) in [5, 5.41) is 2.70. The molecule has 7 nitrogen and oxygen atoms in total. The van der Waals surface area contributed by atoms with Gasteiger partial charge in [-0.1, -0.05) is 12.1 Å². The van der Waals surface area contributed by atoms with Gasteiger partial charge in [-0.05, 0) is 58.4 Å². The molecule has 2 amide bonds. The van der Waals surface area contributed by atoms with Crippen LogP contribution in [0.5, 0.6) is 5.75 Å². The summed E-state index contributed by atoms with van der Waals surface area (Å²) in [6.45, 7) is 5.27. The molecule has 0 aliphatic carbocycles. The number of carbonyl (C=O) groups is 2. The number of likely N-dealkylation sites (tertiary alicyclic amines) is 1. The quantitative estimate of drug-likeness (QED) is 0.406. The third kappa shape index (κ3) is 5.87. The number of benzene rings is 2. The Morgan fingerprint density at radius 2 is 1.92 bits per heavy atom. The van der Waals surface area contributed by atoms with Crippen LogP contribution in [0.15, 0.2) is 40.8 Å². The van der Waals surface area contributed by atoms with Crippen molar-refractivity contribution in [2.45, 2.75) is 58.3 Å². The van der Waals surface area contributed by atoms with Gasteiger partial charge in [0.1, 0.15) is 29.3 Å². The molecule has 1 saturated heterocycles. The number of hydrogen-bond donors (Lipinski definition) is 1. The fourth-order valence-corrected chi connectivity index (χ4v) is 4.22. The minimum Gasteiger partial charge on any atom is -0.489 e. The molecule has 11 heteroatoms. The van der Waals surface area contributed by atoms with Gasteiger partial charge in [-0.15, -0.1) is 0 Å². The first kappa shape index (κ1) is 27.3. The van der Waals surface area contributed by atoms with Crippen LogP contribution in [0.4, 0.5) is 22.4 Å². The topological polar surface area (TPSA) is 81.0 Å². The molecule has 4 rings (SSSR count). The summed E-state index contributed by atoms with van der Waals surface area (Å²) < 4.78 is 73.7. The van der Waals surface area contributed by atoms with Gasteiger partial charge in [0, 0.05) is 17.5 Å². The molecule has 38 heavy (non-hydrogen) atoms. The van der Waals surface area contributed by atoms with Crippen LogP contribution in [0.3, 0.4) is 0 Å². The second-order valence-electron chi connectivity index (χ2n) is 10.2. The molecule has 204 valence electrons. The Hall–Kier alpha value is -3.76. The number of hydrogen-bond acceptors (Lipinski definition) is 5. The van der Waals surface area contributed by atoms with E-state index in [0.29, 0.717) is 11.0 Å². The van der Waals surface area contributed by atoms with E-state index in [1.54, 1.807) is 20.8 Å². The van der Waals surface area contributed by atoms with E-state index in [9.17, 15) is 27.2 Å². The van der Waals surface area contributed by atoms with Gasteiger partial charge in [-0.25, -0.2) is 22.4 Å². The summed E-state index contributed by atoms with van der Waals surface area (Å²) in [5.41, 5.74) is -0.451. The van der Waals surface area contributed by atoms with Crippen molar-refractivity contribution >= 4 is 23.0 Å². The van der Waals surface area contributed by atoms with Crippen molar-refractivity contribution < 1.29 is 41.0 Å². The number of halogens is 4. The van der Waals surface area contributed by atoms with Crippen molar-refractivity contribution in [2.75, 3.05) is 13.1 Å². The normalized spacial score (nSPS) is 17.4. The van der Waals surface area contributed by atoms with E-state index in [1.165, 1.54) is 37.3 Å². The molecule has 1 aromatic heterocycles. The molecule has 1 fully saturated rings. The molecular weight excluding hydrogens is 508 g/mol. The third-order valence-corrected chi connectivity index (χ3v) is 6.04. The molecule has 2 aromatic carbocycles. The number of furan rings is 1. The summed E-state index contributed by atoms with van der Waals surface area (Å²) in [6, 6.07) is 6.75. The zero-order valence-corrected chi connectivity index (χ0v) is 21.4. The number of carbonyl (C=O) groups excluding carboxylic acids is 2. The van der Waals surface area contributed by atoms with Crippen molar-refractivity contribution in [3.8, 4) is 5.75 Å². The average molecular weight is 537 g/mol. The lowest BCUT2D eigenvalue weighted by Crippen LogP contribution is -2.59. The molecule has 1 aliphatic heterocycles. The maximum atomic E-state index is 15.0. The molecule has 1 N–H and O–H groups in total. The van der Waals surface area contributed by atoms with Crippen LogP contribution >= 0.6 is 0 Å². The predicted octanol–water partition coefficient (Wildman–Crippen LogP) is 5.97. The zero-order chi connectivity index (χ0) is 27.8. The van der Waals surface area contributed by atoms with E-state index in [-0.39, 0.29) is 42.2 Å². The highest BCUT2D eigenvalue weighted by Gasteiger charge is 2.47. The molecule has 1 atom stereocenters. The Labute approximate surface area is 216 Å². The number of fused-ring (bicyclic) bond motifs is 1. The Kier molecular flexibility index (Phi) is 7.31. The zero-order valence-electron chi connectivity index (χ0n) is 21.4. The number of ether oxygens (including phenoxy) is 2. The largest absolute Gasteiger partial charge is 0.489 e. The summed E-state index contributed by atoms with van der Waals surface area (Å²) in [7, 11) is 0. The SMILES string of the molecule is Cc1oc2ccc(OCc3cccc(F)c3F)cc2c1C(=O)NC1CCN(C(=O)OC(C)(C)C)CC1(F)F. The molecule has 0 spiro atoms. The molecular formula is C27H28F4N2O5. The minimum absolute atomic E-state index is 0.00592.